The summed E-state index contributed by atoms with van der Waals surface area (Å²) in [5, 5.41) is 6.79. The van der Waals surface area contributed by atoms with Crippen LogP contribution in [0.4, 0.5) is 0 Å². The van der Waals surface area contributed by atoms with Gasteiger partial charge in [0.05, 0.1) is 11.4 Å². The van der Waals surface area contributed by atoms with Crippen LogP contribution in [-0.4, -0.2) is 36.0 Å². The first-order valence-electron chi connectivity index (χ1n) is 7.46. The van der Waals surface area contributed by atoms with Crippen LogP contribution in [0.2, 0.25) is 0 Å². The van der Waals surface area contributed by atoms with Gasteiger partial charge in [-0.25, -0.2) is 8.42 Å². The number of aryl methyl sites for hydroxylation is 2. The molecule has 0 unspecified atom stereocenters. The highest BCUT2D eigenvalue weighted by atomic mass is 32.2. The Bertz CT molecular complexity index is 570. The van der Waals surface area contributed by atoms with E-state index in [4.69, 9.17) is 0 Å². The number of hydrogen-bond acceptors (Lipinski definition) is 3. The predicted octanol–water partition coefficient (Wildman–Crippen LogP) is 2.37. The molecule has 112 valence electrons. The van der Waals surface area contributed by atoms with E-state index in [1.54, 1.807) is 18.2 Å². The van der Waals surface area contributed by atoms with Gasteiger partial charge in [0.2, 0.25) is 10.0 Å². The maximum atomic E-state index is 12.8. The van der Waals surface area contributed by atoms with E-state index < -0.39 is 10.0 Å². The van der Waals surface area contributed by atoms with Crippen molar-refractivity contribution in [2.24, 2.45) is 5.41 Å². The third kappa shape index (κ3) is 2.19. The van der Waals surface area contributed by atoms with Crippen LogP contribution in [0.25, 0.3) is 0 Å². The van der Waals surface area contributed by atoms with Crippen LogP contribution in [0.3, 0.4) is 0 Å². The summed E-state index contributed by atoms with van der Waals surface area (Å²) in [6, 6.07) is 0. The summed E-state index contributed by atoms with van der Waals surface area (Å²) in [5.41, 5.74) is 1.65. The molecule has 0 radical (unpaired) electrons. The van der Waals surface area contributed by atoms with Gasteiger partial charge in [-0.05, 0) is 44.9 Å². The molecule has 0 bridgehead atoms. The molecular weight excluding hydrogens is 274 g/mol. The fourth-order valence-electron chi connectivity index (χ4n) is 3.88. The van der Waals surface area contributed by atoms with Crippen molar-refractivity contribution in [3.8, 4) is 0 Å². The summed E-state index contributed by atoms with van der Waals surface area (Å²) in [6.45, 7) is 4.84. The molecular formula is C14H23N3O2S. The highest BCUT2D eigenvalue weighted by Crippen LogP contribution is 2.46. The van der Waals surface area contributed by atoms with E-state index in [0.717, 1.165) is 12.8 Å². The molecule has 6 heteroatoms. The van der Waals surface area contributed by atoms with Crippen LogP contribution in [0.1, 0.15) is 49.9 Å². The van der Waals surface area contributed by atoms with E-state index in [1.165, 1.54) is 25.7 Å². The maximum Gasteiger partial charge on any atom is 0.246 e. The Hall–Kier alpha value is -0.880. The first-order valence-corrected chi connectivity index (χ1v) is 8.90. The Balaban J connectivity index is 1.80. The van der Waals surface area contributed by atoms with Gasteiger partial charge in [-0.3, -0.25) is 5.10 Å². The van der Waals surface area contributed by atoms with Crippen molar-refractivity contribution in [1.82, 2.24) is 14.5 Å². The van der Waals surface area contributed by atoms with E-state index in [2.05, 4.69) is 10.2 Å². The molecule has 20 heavy (non-hydrogen) atoms. The summed E-state index contributed by atoms with van der Waals surface area (Å²) < 4.78 is 27.2. The highest BCUT2D eigenvalue weighted by molar-refractivity contribution is 7.89. The van der Waals surface area contributed by atoms with Gasteiger partial charge in [-0.15, -0.1) is 0 Å². The molecule has 1 aliphatic heterocycles. The largest absolute Gasteiger partial charge is 0.281 e. The number of hydrogen-bond donors (Lipinski definition) is 1. The third-order valence-electron chi connectivity index (χ3n) is 5.11. The Morgan fingerprint density at radius 1 is 1.10 bits per heavy atom. The maximum absolute atomic E-state index is 12.8. The zero-order chi connectivity index (χ0) is 14.4. The van der Waals surface area contributed by atoms with E-state index in [1.807, 2.05) is 0 Å². The second kappa shape index (κ2) is 4.84. The average Bonchev–Trinajstić information content (AvgIpc) is 2.98. The Morgan fingerprint density at radius 3 is 2.20 bits per heavy atom. The topological polar surface area (TPSA) is 66.1 Å². The normalized spacial score (nSPS) is 23.5. The van der Waals surface area contributed by atoms with Gasteiger partial charge in [0.1, 0.15) is 4.90 Å². The van der Waals surface area contributed by atoms with E-state index in [9.17, 15) is 8.42 Å². The molecule has 0 amide bonds. The van der Waals surface area contributed by atoms with Crippen LogP contribution >= 0.6 is 0 Å². The molecule has 2 aliphatic rings. The van der Waals surface area contributed by atoms with Crippen molar-refractivity contribution in [3.63, 3.8) is 0 Å². The summed E-state index contributed by atoms with van der Waals surface area (Å²) in [7, 11) is -3.39. The van der Waals surface area contributed by atoms with Gasteiger partial charge in [0, 0.05) is 13.1 Å². The van der Waals surface area contributed by atoms with Crippen LogP contribution < -0.4 is 0 Å². The number of nitrogens with one attached hydrogen (secondary N) is 1. The zero-order valence-electron chi connectivity index (χ0n) is 12.3. The van der Waals surface area contributed by atoms with Gasteiger partial charge < -0.3 is 0 Å². The van der Waals surface area contributed by atoms with Crippen LogP contribution in [0, 0.1) is 19.3 Å². The molecule has 1 aliphatic carbocycles. The number of aromatic nitrogens is 2. The Kier molecular flexibility index (Phi) is 3.41. The first-order chi connectivity index (χ1) is 9.45. The van der Waals surface area contributed by atoms with Crippen molar-refractivity contribution in [3.05, 3.63) is 11.4 Å². The molecule has 1 aromatic heterocycles. The fourth-order valence-corrected chi connectivity index (χ4v) is 5.65. The number of rotatable bonds is 2. The number of aromatic amines is 1. The standard InChI is InChI=1S/C14H23N3O2S/c1-11-13(12(2)16-15-11)20(18,19)17-9-7-14(8-10-17)5-3-4-6-14/h3-10H2,1-2H3,(H,15,16). The number of piperidine rings is 1. The van der Waals surface area contributed by atoms with E-state index in [0.29, 0.717) is 34.8 Å². The summed E-state index contributed by atoms with van der Waals surface area (Å²) in [5.74, 6) is 0. The molecule has 2 heterocycles. The Labute approximate surface area is 120 Å². The van der Waals surface area contributed by atoms with E-state index in [-0.39, 0.29) is 0 Å². The minimum atomic E-state index is -3.39. The first kappa shape index (κ1) is 14.1. The minimum Gasteiger partial charge on any atom is -0.281 e. The molecule has 3 rings (SSSR count). The number of sulfonamides is 1. The van der Waals surface area contributed by atoms with E-state index >= 15 is 0 Å². The van der Waals surface area contributed by atoms with Gasteiger partial charge in [-0.2, -0.15) is 9.40 Å². The third-order valence-corrected chi connectivity index (χ3v) is 7.27. The second-order valence-corrected chi connectivity index (χ2v) is 8.25. The number of nitrogens with zero attached hydrogens (tertiary/aromatic N) is 2. The molecule has 1 aromatic rings. The minimum absolute atomic E-state index is 0.375. The van der Waals surface area contributed by atoms with Crippen molar-refractivity contribution < 1.29 is 8.42 Å². The molecule has 0 aromatic carbocycles. The lowest BCUT2D eigenvalue weighted by Crippen LogP contribution is -2.42. The smallest absolute Gasteiger partial charge is 0.246 e. The summed E-state index contributed by atoms with van der Waals surface area (Å²) in [4.78, 5) is 0.375. The van der Waals surface area contributed by atoms with Gasteiger partial charge in [-0.1, -0.05) is 12.8 Å². The van der Waals surface area contributed by atoms with Crippen LogP contribution in [0.5, 0.6) is 0 Å². The molecule has 2 fully saturated rings. The highest BCUT2D eigenvalue weighted by Gasteiger charge is 2.41. The monoisotopic (exact) mass is 297 g/mol. The molecule has 1 spiro atoms. The van der Waals surface area contributed by atoms with Crippen molar-refractivity contribution in [2.45, 2.75) is 57.3 Å². The van der Waals surface area contributed by atoms with Gasteiger partial charge in [0.15, 0.2) is 0 Å². The van der Waals surface area contributed by atoms with Gasteiger partial charge >= 0.3 is 0 Å². The fraction of sp³-hybridized carbons (Fsp3) is 0.786. The average molecular weight is 297 g/mol. The lowest BCUT2D eigenvalue weighted by molar-refractivity contribution is 0.160. The molecule has 5 nitrogen and oxygen atoms in total. The molecule has 0 atom stereocenters. The molecule has 1 saturated heterocycles. The quantitative estimate of drug-likeness (QED) is 0.911. The van der Waals surface area contributed by atoms with Crippen LogP contribution in [-0.2, 0) is 10.0 Å². The molecule has 1 saturated carbocycles. The summed E-state index contributed by atoms with van der Waals surface area (Å²) >= 11 is 0. The molecule has 1 N–H and O–H groups in total. The second-order valence-electron chi connectivity index (χ2n) is 6.37. The van der Waals surface area contributed by atoms with Crippen molar-refractivity contribution in [2.75, 3.05) is 13.1 Å². The SMILES string of the molecule is Cc1n[nH]c(C)c1S(=O)(=O)N1CCC2(CCCC2)CC1. The Morgan fingerprint density at radius 2 is 1.70 bits per heavy atom. The lowest BCUT2D eigenvalue weighted by atomic mass is 9.78. The predicted molar refractivity (Wildman–Crippen MR) is 77.0 cm³/mol. The zero-order valence-corrected chi connectivity index (χ0v) is 13.1. The lowest BCUT2D eigenvalue weighted by Gasteiger charge is -2.38. The van der Waals surface area contributed by atoms with Gasteiger partial charge in [0.25, 0.3) is 0 Å². The van der Waals surface area contributed by atoms with Crippen molar-refractivity contribution >= 4 is 10.0 Å². The van der Waals surface area contributed by atoms with Crippen molar-refractivity contribution in [1.29, 1.82) is 0 Å². The number of H-pyrrole nitrogens is 1. The summed E-state index contributed by atoms with van der Waals surface area (Å²) in [6.07, 6.45) is 7.22. The van der Waals surface area contributed by atoms with Crippen LogP contribution in [0.15, 0.2) is 4.90 Å².